The van der Waals surface area contributed by atoms with E-state index in [-0.39, 0.29) is 17.9 Å². The molecular weight excluding hydrogens is 335 g/mol. The highest BCUT2D eigenvalue weighted by Crippen LogP contribution is 2.19. The highest BCUT2D eigenvalue weighted by atomic mass is 19.1. The third-order valence-electron chi connectivity index (χ3n) is 4.84. The molecule has 0 saturated carbocycles. The molecule has 1 atom stereocenters. The fourth-order valence-electron chi connectivity index (χ4n) is 3.19. The van der Waals surface area contributed by atoms with Crippen molar-refractivity contribution in [3.8, 4) is 5.69 Å². The zero-order valence-corrected chi connectivity index (χ0v) is 15.2. The number of carbonyl (C=O) groups excluding carboxylic acids is 1. The molecule has 0 spiro atoms. The second-order valence-electron chi connectivity index (χ2n) is 6.75. The summed E-state index contributed by atoms with van der Waals surface area (Å²) in [7, 11) is 1.72. The fourth-order valence-corrected chi connectivity index (χ4v) is 3.19. The number of likely N-dealkylation sites (tertiary alicyclic amines) is 1. The Balaban J connectivity index is 1.56. The number of ether oxygens (including phenoxy) is 1. The molecule has 1 aromatic heterocycles. The van der Waals surface area contributed by atoms with Gasteiger partial charge < -0.3 is 15.0 Å². The van der Waals surface area contributed by atoms with Gasteiger partial charge in [-0.1, -0.05) is 0 Å². The first-order chi connectivity index (χ1) is 12.6. The number of aromatic nitrogens is 2. The van der Waals surface area contributed by atoms with Crippen LogP contribution in [0.4, 0.5) is 9.18 Å². The predicted octanol–water partition coefficient (Wildman–Crippen LogP) is 3.14. The van der Waals surface area contributed by atoms with Crippen LogP contribution in [0.5, 0.6) is 0 Å². The minimum absolute atomic E-state index is 0.0529. The molecule has 1 aliphatic rings. The van der Waals surface area contributed by atoms with E-state index in [9.17, 15) is 9.18 Å². The van der Waals surface area contributed by atoms with Gasteiger partial charge in [-0.05, 0) is 49.9 Å². The van der Waals surface area contributed by atoms with Crippen LogP contribution in [0.2, 0.25) is 0 Å². The summed E-state index contributed by atoms with van der Waals surface area (Å²) in [5.41, 5.74) is 1.67. The monoisotopic (exact) mass is 360 g/mol. The maximum Gasteiger partial charge on any atom is 0.317 e. The molecule has 1 N–H and O–H groups in total. The van der Waals surface area contributed by atoms with Gasteiger partial charge in [0, 0.05) is 38.6 Å². The van der Waals surface area contributed by atoms with E-state index in [2.05, 4.69) is 10.4 Å². The fraction of sp³-hybridized carbons (Fsp3) is 0.474. The van der Waals surface area contributed by atoms with Crippen LogP contribution in [0.15, 0.2) is 36.7 Å². The Bertz CT molecular complexity index is 723. The van der Waals surface area contributed by atoms with E-state index in [1.54, 1.807) is 30.1 Å². The summed E-state index contributed by atoms with van der Waals surface area (Å²) >= 11 is 0. The van der Waals surface area contributed by atoms with Crippen LogP contribution < -0.4 is 5.32 Å². The lowest BCUT2D eigenvalue weighted by Crippen LogP contribution is -2.45. The van der Waals surface area contributed by atoms with Crippen molar-refractivity contribution in [3.63, 3.8) is 0 Å². The SMILES string of the molecule is COCC1CCN(C(=O)NC(C)c2cnn(-c3ccc(F)cc3)c2)CC1. The van der Waals surface area contributed by atoms with Crippen LogP contribution in [0, 0.1) is 11.7 Å². The number of rotatable bonds is 5. The van der Waals surface area contributed by atoms with Crippen LogP contribution in [0.25, 0.3) is 5.69 Å². The summed E-state index contributed by atoms with van der Waals surface area (Å²) in [4.78, 5) is 14.3. The molecule has 1 aromatic carbocycles. The molecule has 3 rings (SSSR count). The van der Waals surface area contributed by atoms with Crippen LogP contribution in [-0.2, 0) is 4.74 Å². The number of piperidine rings is 1. The second kappa shape index (κ2) is 8.31. The molecule has 1 saturated heterocycles. The van der Waals surface area contributed by atoms with Gasteiger partial charge >= 0.3 is 6.03 Å². The Morgan fingerprint density at radius 2 is 2.04 bits per heavy atom. The van der Waals surface area contributed by atoms with Crippen LogP contribution >= 0.6 is 0 Å². The first-order valence-electron chi connectivity index (χ1n) is 8.91. The Labute approximate surface area is 152 Å². The number of carbonyl (C=O) groups is 1. The number of nitrogens with one attached hydrogen (secondary N) is 1. The van der Waals surface area contributed by atoms with E-state index >= 15 is 0 Å². The van der Waals surface area contributed by atoms with E-state index in [0.29, 0.717) is 5.92 Å². The van der Waals surface area contributed by atoms with Crippen LogP contribution in [-0.4, -0.2) is 47.5 Å². The minimum atomic E-state index is -0.281. The van der Waals surface area contributed by atoms with Crippen molar-refractivity contribution in [2.24, 2.45) is 5.92 Å². The Hall–Kier alpha value is -2.41. The van der Waals surface area contributed by atoms with Gasteiger partial charge in [0.1, 0.15) is 5.82 Å². The Kier molecular flexibility index (Phi) is 5.88. The summed E-state index contributed by atoms with van der Waals surface area (Å²) < 4.78 is 19.9. The van der Waals surface area contributed by atoms with E-state index in [1.807, 2.05) is 18.0 Å². The van der Waals surface area contributed by atoms with Crippen LogP contribution in [0.3, 0.4) is 0 Å². The van der Waals surface area contributed by atoms with Crippen molar-refractivity contribution < 1.29 is 13.9 Å². The van der Waals surface area contributed by atoms with Gasteiger partial charge in [0.05, 0.1) is 17.9 Å². The van der Waals surface area contributed by atoms with E-state index in [4.69, 9.17) is 4.74 Å². The highest BCUT2D eigenvalue weighted by molar-refractivity contribution is 5.74. The maximum atomic E-state index is 13.0. The third-order valence-corrected chi connectivity index (χ3v) is 4.84. The van der Waals surface area contributed by atoms with Crippen molar-refractivity contribution in [1.29, 1.82) is 0 Å². The smallest absolute Gasteiger partial charge is 0.317 e. The third kappa shape index (κ3) is 4.40. The second-order valence-corrected chi connectivity index (χ2v) is 6.75. The zero-order chi connectivity index (χ0) is 18.5. The van der Waals surface area contributed by atoms with Gasteiger partial charge in [0.25, 0.3) is 0 Å². The van der Waals surface area contributed by atoms with Crippen molar-refractivity contribution in [2.75, 3.05) is 26.8 Å². The van der Waals surface area contributed by atoms with Crippen LogP contribution in [0.1, 0.15) is 31.4 Å². The molecule has 26 heavy (non-hydrogen) atoms. The zero-order valence-electron chi connectivity index (χ0n) is 15.2. The lowest BCUT2D eigenvalue weighted by atomic mass is 9.98. The van der Waals surface area contributed by atoms with Crippen molar-refractivity contribution in [1.82, 2.24) is 20.0 Å². The number of halogens is 1. The lowest BCUT2D eigenvalue weighted by molar-refractivity contribution is 0.106. The molecule has 2 amide bonds. The molecule has 0 aliphatic carbocycles. The number of urea groups is 1. The van der Waals surface area contributed by atoms with Gasteiger partial charge in [-0.3, -0.25) is 0 Å². The van der Waals surface area contributed by atoms with Crippen molar-refractivity contribution >= 4 is 6.03 Å². The molecule has 2 heterocycles. The summed E-state index contributed by atoms with van der Waals surface area (Å²) in [6.07, 6.45) is 5.51. The summed E-state index contributed by atoms with van der Waals surface area (Å²) in [5.74, 6) is 0.256. The topological polar surface area (TPSA) is 59.4 Å². The number of amides is 2. The van der Waals surface area contributed by atoms with Gasteiger partial charge in [-0.2, -0.15) is 5.10 Å². The molecule has 1 unspecified atom stereocenters. The molecule has 0 bridgehead atoms. The highest BCUT2D eigenvalue weighted by Gasteiger charge is 2.24. The van der Waals surface area contributed by atoms with Gasteiger partial charge in [0.2, 0.25) is 0 Å². The van der Waals surface area contributed by atoms with Gasteiger partial charge in [0.15, 0.2) is 0 Å². The molecule has 140 valence electrons. The summed E-state index contributed by atoms with van der Waals surface area (Å²) in [5, 5.41) is 7.33. The average Bonchev–Trinajstić information content (AvgIpc) is 3.13. The lowest BCUT2D eigenvalue weighted by Gasteiger charge is -2.32. The molecule has 0 radical (unpaired) electrons. The van der Waals surface area contributed by atoms with E-state index in [1.165, 1.54) is 12.1 Å². The molecule has 1 aliphatic heterocycles. The summed E-state index contributed by atoms with van der Waals surface area (Å²) in [6.45, 7) is 4.19. The first kappa shape index (κ1) is 18.4. The maximum absolute atomic E-state index is 13.0. The predicted molar refractivity (Wildman–Crippen MR) is 96.6 cm³/mol. The molecule has 7 heteroatoms. The number of hydrogen-bond acceptors (Lipinski definition) is 3. The summed E-state index contributed by atoms with van der Waals surface area (Å²) in [6, 6.07) is 5.92. The largest absolute Gasteiger partial charge is 0.384 e. The van der Waals surface area contributed by atoms with Crippen molar-refractivity contribution in [2.45, 2.75) is 25.8 Å². The molecule has 6 nitrogen and oxygen atoms in total. The standard InChI is InChI=1S/C19H25FN4O2/c1-14(22-19(25)23-9-7-15(8-10-23)13-26-2)16-11-21-24(12-16)18-5-3-17(20)4-6-18/h3-6,11-12,14-15H,7-10,13H2,1-2H3,(H,22,25). The quantitative estimate of drug-likeness (QED) is 0.891. The molecule has 1 fully saturated rings. The Morgan fingerprint density at radius 3 is 2.69 bits per heavy atom. The Morgan fingerprint density at radius 1 is 1.35 bits per heavy atom. The minimum Gasteiger partial charge on any atom is -0.384 e. The number of methoxy groups -OCH3 is 1. The number of benzene rings is 1. The normalized spacial score (nSPS) is 16.5. The first-order valence-corrected chi connectivity index (χ1v) is 8.91. The molecular formula is C19H25FN4O2. The molecule has 2 aromatic rings. The number of hydrogen-bond donors (Lipinski definition) is 1. The average molecular weight is 360 g/mol. The van der Waals surface area contributed by atoms with Crippen molar-refractivity contribution in [3.05, 3.63) is 48.0 Å². The van der Waals surface area contributed by atoms with Gasteiger partial charge in [-0.25, -0.2) is 13.9 Å². The van der Waals surface area contributed by atoms with E-state index in [0.717, 1.165) is 43.8 Å². The van der Waals surface area contributed by atoms with Gasteiger partial charge in [-0.15, -0.1) is 0 Å². The van der Waals surface area contributed by atoms with E-state index < -0.39 is 0 Å². The number of nitrogens with zero attached hydrogens (tertiary/aromatic N) is 3.